The summed E-state index contributed by atoms with van der Waals surface area (Å²) in [5, 5.41) is 9.79. The summed E-state index contributed by atoms with van der Waals surface area (Å²) >= 11 is 0. The van der Waals surface area contributed by atoms with Crippen LogP contribution in [-0.4, -0.2) is 41.8 Å². The van der Waals surface area contributed by atoms with E-state index in [1.54, 1.807) is 0 Å². The molecule has 0 aliphatic carbocycles. The molecule has 3 heteroatoms. The van der Waals surface area contributed by atoms with Gasteiger partial charge in [0.25, 0.3) is 0 Å². The van der Waals surface area contributed by atoms with Crippen LogP contribution in [0.1, 0.15) is 26.3 Å². The number of aliphatic hydroxyl groups is 1. The molecular formula is C15H25NO2. The third-order valence-electron chi connectivity index (χ3n) is 2.72. The van der Waals surface area contributed by atoms with Crippen molar-refractivity contribution in [3.05, 3.63) is 29.8 Å². The predicted molar refractivity (Wildman–Crippen MR) is 75.1 cm³/mol. The van der Waals surface area contributed by atoms with E-state index in [0.29, 0.717) is 13.2 Å². The summed E-state index contributed by atoms with van der Waals surface area (Å²) in [6.45, 7) is 10.9. The first kappa shape index (κ1) is 15.0. The van der Waals surface area contributed by atoms with Crippen LogP contribution in [-0.2, 0) is 0 Å². The van der Waals surface area contributed by atoms with E-state index < -0.39 is 5.60 Å². The Kier molecular flexibility index (Phi) is 5.63. The fourth-order valence-corrected chi connectivity index (χ4v) is 1.89. The van der Waals surface area contributed by atoms with E-state index in [0.717, 1.165) is 18.8 Å². The molecule has 0 heterocycles. The predicted octanol–water partition coefficient (Wildman–Crippen LogP) is 2.47. The van der Waals surface area contributed by atoms with E-state index in [-0.39, 0.29) is 0 Å². The Labute approximate surface area is 110 Å². The fraction of sp³-hybridized carbons (Fsp3) is 0.600. The van der Waals surface area contributed by atoms with E-state index in [1.807, 2.05) is 32.0 Å². The van der Waals surface area contributed by atoms with Crippen molar-refractivity contribution in [3.63, 3.8) is 0 Å². The van der Waals surface area contributed by atoms with Gasteiger partial charge in [0.2, 0.25) is 0 Å². The van der Waals surface area contributed by atoms with Gasteiger partial charge >= 0.3 is 0 Å². The van der Waals surface area contributed by atoms with Gasteiger partial charge in [-0.15, -0.1) is 0 Å². The minimum absolute atomic E-state index is 0.646. The Morgan fingerprint density at radius 2 is 2.06 bits per heavy atom. The van der Waals surface area contributed by atoms with Gasteiger partial charge in [0.15, 0.2) is 0 Å². The van der Waals surface area contributed by atoms with Crippen LogP contribution in [0.2, 0.25) is 0 Å². The van der Waals surface area contributed by atoms with Gasteiger partial charge in [-0.1, -0.05) is 19.1 Å². The second kappa shape index (κ2) is 6.76. The van der Waals surface area contributed by atoms with Crippen molar-refractivity contribution in [2.24, 2.45) is 0 Å². The lowest BCUT2D eigenvalue weighted by atomic mass is 10.1. The van der Waals surface area contributed by atoms with Crippen LogP contribution < -0.4 is 4.74 Å². The summed E-state index contributed by atoms with van der Waals surface area (Å²) < 4.78 is 5.71. The summed E-state index contributed by atoms with van der Waals surface area (Å²) in [5.41, 5.74) is 0.552. The number of hydrogen-bond acceptors (Lipinski definition) is 3. The van der Waals surface area contributed by atoms with Gasteiger partial charge in [-0.25, -0.2) is 0 Å². The molecule has 0 aliphatic heterocycles. The number of benzene rings is 1. The van der Waals surface area contributed by atoms with Crippen LogP contribution in [0.5, 0.6) is 5.75 Å². The summed E-state index contributed by atoms with van der Waals surface area (Å²) in [6, 6.07) is 8.06. The van der Waals surface area contributed by atoms with Gasteiger partial charge in [-0.05, 0) is 45.0 Å². The van der Waals surface area contributed by atoms with Crippen LogP contribution in [0.3, 0.4) is 0 Å². The molecular weight excluding hydrogens is 226 g/mol. The highest BCUT2D eigenvalue weighted by molar-refractivity contribution is 5.27. The molecule has 0 aliphatic rings. The first-order valence-corrected chi connectivity index (χ1v) is 6.55. The van der Waals surface area contributed by atoms with E-state index in [1.165, 1.54) is 5.56 Å². The molecule has 0 aromatic heterocycles. The number of likely N-dealkylation sites (N-methyl/N-ethyl adjacent to an activating group) is 1. The molecule has 0 bridgehead atoms. The molecule has 0 saturated heterocycles. The second-order valence-electron chi connectivity index (χ2n) is 5.35. The molecule has 0 spiro atoms. The maximum absolute atomic E-state index is 9.79. The normalized spacial score (nSPS) is 11.9. The average molecular weight is 251 g/mol. The Hall–Kier alpha value is -1.06. The number of rotatable bonds is 7. The Bertz CT molecular complexity index is 358. The third kappa shape index (κ3) is 6.03. The third-order valence-corrected chi connectivity index (χ3v) is 2.72. The van der Waals surface area contributed by atoms with Crippen molar-refractivity contribution in [2.75, 3.05) is 26.2 Å². The molecule has 0 fully saturated rings. The highest BCUT2D eigenvalue weighted by Crippen LogP contribution is 2.12. The van der Waals surface area contributed by atoms with Gasteiger partial charge in [0.05, 0.1) is 5.60 Å². The molecule has 0 unspecified atom stereocenters. The van der Waals surface area contributed by atoms with Gasteiger partial charge in [0, 0.05) is 13.1 Å². The van der Waals surface area contributed by atoms with Crippen LogP contribution in [0.25, 0.3) is 0 Å². The molecule has 0 atom stereocenters. The zero-order chi connectivity index (χ0) is 13.6. The lowest BCUT2D eigenvalue weighted by Gasteiger charge is -2.27. The van der Waals surface area contributed by atoms with Gasteiger partial charge in [-0.3, -0.25) is 4.90 Å². The summed E-state index contributed by atoms with van der Waals surface area (Å²) in [6.07, 6.45) is 0. The van der Waals surface area contributed by atoms with E-state index in [9.17, 15) is 5.11 Å². The zero-order valence-corrected chi connectivity index (χ0v) is 11.9. The van der Waals surface area contributed by atoms with E-state index in [2.05, 4.69) is 24.8 Å². The maximum Gasteiger partial charge on any atom is 0.119 e. The molecule has 0 amide bonds. The lowest BCUT2D eigenvalue weighted by molar-refractivity contribution is 0.0340. The number of ether oxygens (including phenoxy) is 1. The Morgan fingerprint density at radius 3 is 2.61 bits per heavy atom. The molecule has 1 aromatic carbocycles. The molecule has 1 aromatic rings. The van der Waals surface area contributed by atoms with Gasteiger partial charge < -0.3 is 9.84 Å². The monoisotopic (exact) mass is 251 g/mol. The summed E-state index contributed by atoms with van der Waals surface area (Å²) in [7, 11) is 0. The van der Waals surface area contributed by atoms with Crippen LogP contribution in [0.4, 0.5) is 0 Å². The molecule has 102 valence electrons. The lowest BCUT2D eigenvalue weighted by Crippen LogP contribution is -2.40. The standard InChI is InChI=1S/C15H25NO2/c1-5-16(12-15(3,4)17)9-10-18-14-8-6-7-13(2)11-14/h6-8,11,17H,5,9-10,12H2,1-4H3. The maximum atomic E-state index is 9.79. The van der Waals surface area contributed by atoms with E-state index >= 15 is 0 Å². The van der Waals surface area contributed by atoms with Crippen LogP contribution >= 0.6 is 0 Å². The first-order chi connectivity index (χ1) is 8.40. The molecule has 1 rings (SSSR count). The second-order valence-corrected chi connectivity index (χ2v) is 5.35. The number of nitrogens with zero attached hydrogens (tertiary/aromatic N) is 1. The van der Waals surface area contributed by atoms with Crippen LogP contribution in [0, 0.1) is 6.92 Å². The molecule has 0 radical (unpaired) electrons. The fourth-order valence-electron chi connectivity index (χ4n) is 1.89. The number of hydrogen-bond donors (Lipinski definition) is 1. The average Bonchev–Trinajstić information content (AvgIpc) is 2.26. The highest BCUT2D eigenvalue weighted by Gasteiger charge is 2.16. The minimum atomic E-state index is -0.653. The van der Waals surface area contributed by atoms with Gasteiger partial charge in [0.1, 0.15) is 12.4 Å². The van der Waals surface area contributed by atoms with Crippen molar-refractivity contribution >= 4 is 0 Å². The van der Waals surface area contributed by atoms with Crippen LogP contribution in [0.15, 0.2) is 24.3 Å². The molecule has 3 nitrogen and oxygen atoms in total. The smallest absolute Gasteiger partial charge is 0.119 e. The number of aryl methyl sites for hydroxylation is 1. The van der Waals surface area contributed by atoms with Crippen molar-refractivity contribution in [1.29, 1.82) is 0 Å². The topological polar surface area (TPSA) is 32.7 Å². The highest BCUT2D eigenvalue weighted by atomic mass is 16.5. The quantitative estimate of drug-likeness (QED) is 0.808. The molecule has 18 heavy (non-hydrogen) atoms. The van der Waals surface area contributed by atoms with Gasteiger partial charge in [-0.2, -0.15) is 0 Å². The Morgan fingerprint density at radius 1 is 1.33 bits per heavy atom. The zero-order valence-electron chi connectivity index (χ0n) is 11.9. The van der Waals surface area contributed by atoms with E-state index in [4.69, 9.17) is 4.74 Å². The SMILES string of the molecule is CCN(CCOc1cccc(C)c1)CC(C)(C)O. The largest absolute Gasteiger partial charge is 0.492 e. The first-order valence-electron chi connectivity index (χ1n) is 6.55. The van der Waals surface area contributed by atoms with Crippen molar-refractivity contribution in [3.8, 4) is 5.75 Å². The van der Waals surface area contributed by atoms with Crippen molar-refractivity contribution < 1.29 is 9.84 Å². The van der Waals surface area contributed by atoms with Crippen molar-refractivity contribution in [1.82, 2.24) is 4.90 Å². The Balaban J connectivity index is 2.35. The molecule has 1 N–H and O–H groups in total. The molecule has 0 saturated carbocycles. The van der Waals surface area contributed by atoms with Crippen molar-refractivity contribution in [2.45, 2.75) is 33.3 Å². The summed E-state index contributed by atoms with van der Waals surface area (Å²) in [4.78, 5) is 2.19. The summed E-state index contributed by atoms with van der Waals surface area (Å²) in [5.74, 6) is 0.911. The minimum Gasteiger partial charge on any atom is -0.492 e.